The Morgan fingerprint density at radius 1 is 1.11 bits per heavy atom. The molecule has 3 aromatic rings. The molecule has 3 rings (SSSR count). The first-order valence-electron chi connectivity index (χ1n) is 8.21. The Morgan fingerprint density at radius 2 is 1.78 bits per heavy atom. The minimum absolute atomic E-state index is 0.120. The first kappa shape index (κ1) is 18.8. The first-order chi connectivity index (χ1) is 12.9. The minimum Gasteiger partial charge on any atom is -0.360 e. The number of aromatic nitrogens is 1. The van der Waals surface area contributed by atoms with Crippen LogP contribution in [0.4, 0.5) is 5.82 Å². The van der Waals surface area contributed by atoms with Gasteiger partial charge in [-0.1, -0.05) is 35.5 Å². The fraction of sp³-hybridized carbons (Fsp3) is 0.158. The summed E-state index contributed by atoms with van der Waals surface area (Å²) in [6, 6.07) is 16.7. The zero-order chi connectivity index (χ0) is 19.4. The molecule has 0 aliphatic rings. The molecule has 1 heterocycles. The molecule has 7 nitrogen and oxygen atoms in total. The fourth-order valence-electron chi connectivity index (χ4n) is 2.50. The van der Waals surface area contributed by atoms with Gasteiger partial charge in [0.2, 0.25) is 10.0 Å². The van der Waals surface area contributed by atoms with Gasteiger partial charge in [0.25, 0.3) is 5.91 Å². The van der Waals surface area contributed by atoms with Crippen LogP contribution in [0.5, 0.6) is 0 Å². The number of amides is 1. The van der Waals surface area contributed by atoms with Crippen LogP contribution in [0, 0.1) is 6.92 Å². The fourth-order valence-corrected chi connectivity index (χ4v) is 3.66. The number of hydrogen-bond donors (Lipinski definition) is 1. The maximum atomic E-state index is 12.7. The lowest BCUT2D eigenvalue weighted by Crippen LogP contribution is -2.26. The number of aryl methyl sites for hydroxylation is 1. The Bertz CT molecular complexity index is 1030. The van der Waals surface area contributed by atoms with E-state index in [0.29, 0.717) is 17.1 Å². The molecule has 0 spiro atoms. The Labute approximate surface area is 157 Å². The Balaban J connectivity index is 1.72. The van der Waals surface area contributed by atoms with Crippen molar-refractivity contribution in [3.63, 3.8) is 0 Å². The Kier molecular flexibility index (Phi) is 5.38. The maximum absolute atomic E-state index is 12.7. The van der Waals surface area contributed by atoms with Crippen LogP contribution >= 0.6 is 0 Å². The standard InChI is InChI=1S/C19H19N3O4S/c1-14-12-18(21-26-14)20-19(23)16-8-10-17(11-9-16)27(24,25)22(2)13-15-6-4-3-5-7-15/h3-12H,13H2,1-2H3,(H,20,21,23). The van der Waals surface area contributed by atoms with Gasteiger partial charge in [-0.05, 0) is 36.8 Å². The highest BCUT2D eigenvalue weighted by molar-refractivity contribution is 7.89. The van der Waals surface area contributed by atoms with Crippen LogP contribution in [-0.2, 0) is 16.6 Å². The molecule has 0 aliphatic heterocycles. The molecule has 1 amide bonds. The number of anilines is 1. The van der Waals surface area contributed by atoms with E-state index in [9.17, 15) is 13.2 Å². The van der Waals surface area contributed by atoms with Gasteiger partial charge in [0.05, 0.1) is 4.90 Å². The summed E-state index contributed by atoms with van der Waals surface area (Å²) in [4.78, 5) is 12.3. The van der Waals surface area contributed by atoms with Crippen LogP contribution < -0.4 is 5.32 Å². The number of carbonyl (C=O) groups excluding carboxylic acids is 1. The van der Waals surface area contributed by atoms with Crippen molar-refractivity contribution in [2.75, 3.05) is 12.4 Å². The summed E-state index contributed by atoms with van der Waals surface area (Å²) in [7, 11) is -2.14. The van der Waals surface area contributed by atoms with Crippen molar-refractivity contribution in [2.45, 2.75) is 18.4 Å². The second-order valence-corrected chi connectivity index (χ2v) is 8.09. The quantitative estimate of drug-likeness (QED) is 0.704. The highest BCUT2D eigenvalue weighted by Gasteiger charge is 2.21. The normalized spacial score (nSPS) is 11.5. The molecule has 27 heavy (non-hydrogen) atoms. The van der Waals surface area contributed by atoms with Gasteiger partial charge in [-0.3, -0.25) is 4.79 Å². The molecular weight excluding hydrogens is 366 g/mol. The van der Waals surface area contributed by atoms with E-state index >= 15 is 0 Å². The van der Waals surface area contributed by atoms with Gasteiger partial charge in [-0.25, -0.2) is 8.42 Å². The minimum atomic E-state index is -3.66. The molecule has 2 aromatic carbocycles. The van der Waals surface area contributed by atoms with E-state index < -0.39 is 15.9 Å². The van der Waals surface area contributed by atoms with Gasteiger partial charge in [0.15, 0.2) is 5.82 Å². The Morgan fingerprint density at radius 3 is 2.37 bits per heavy atom. The summed E-state index contributed by atoms with van der Waals surface area (Å²) in [6.07, 6.45) is 0. The number of sulfonamides is 1. The van der Waals surface area contributed by atoms with Crippen molar-refractivity contribution in [3.05, 3.63) is 77.6 Å². The highest BCUT2D eigenvalue weighted by Crippen LogP contribution is 2.18. The lowest BCUT2D eigenvalue weighted by Gasteiger charge is -2.17. The number of hydrogen-bond acceptors (Lipinski definition) is 5. The van der Waals surface area contributed by atoms with Gasteiger partial charge in [0.1, 0.15) is 5.76 Å². The number of rotatable bonds is 6. The predicted octanol–water partition coefficient (Wildman–Crippen LogP) is 3.06. The van der Waals surface area contributed by atoms with Gasteiger partial charge in [0, 0.05) is 25.2 Å². The zero-order valence-corrected chi connectivity index (χ0v) is 15.7. The molecule has 0 unspecified atom stereocenters. The molecule has 0 saturated carbocycles. The largest absolute Gasteiger partial charge is 0.360 e. The van der Waals surface area contributed by atoms with E-state index in [0.717, 1.165) is 5.56 Å². The molecule has 0 radical (unpaired) electrons. The van der Waals surface area contributed by atoms with Crippen LogP contribution in [0.25, 0.3) is 0 Å². The zero-order valence-electron chi connectivity index (χ0n) is 14.9. The number of nitrogens with zero attached hydrogens (tertiary/aromatic N) is 2. The molecule has 1 aromatic heterocycles. The van der Waals surface area contributed by atoms with Gasteiger partial charge in [-0.2, -0.15) is 4.31 Å². The molecule has 0 atom stereocenters. The van der Waals surface area contributed by atoms with Crippen molar-refractivity contribution in [2.24, 2.45) is 0 Å². The van der Waals surface area contributed by atoms with Crippen LogP contribution in [0.1, 0.15) is 21.7 Å². The number of nitrogens with one attached hydrogen (secondary N) is 1. The molecule has 0 bridgehead atoms. The molecule has 0 aliphatic carbocycles. The monoisotopic (exact) mass is 385 g/mol. The molecule has 8 heteroatoms. The number of benzene rings is 2. The average Bonchev–Trinajstić information content (AvgIpc) is 3.07. The van der Waals surface area contributed by atoms with E-state index in [1.54, 1.807) is 13.0 Å². The topological polar surface area (TPSA) is 92.5 Å². The van der Waals surface area contributed by atoms with Crippen molar-refractivity contribution in [1.82, 2.24) is 9.46 Å². The van der Waals surface area contributed by atoms with Gasteiger partial charge >= 0.3 is 0 Å². The van der Waals surface area contributed by atoms with E-state index in [4.69, 9.17) is 4.52 Å². The van der Waals surface area contributed by atoms with E-state index in [1.165, 1.54) is 35.6 Å². The second kappa shape index (κ2) is 7.73. The lowest BCUT2D eigenvalue weighted by atomic mass is 10.2. The van der Waals surface area contributed by atoms with Gasteiger partial charge < -0.3 is 9.84 Å². The summed E-state index contributed by atoms with van der Waals surface area (Å²) in [5.41, 5.74) is 1.21. The van der Waals surface area contributed by atoms with Crippen LogP contribution in [0.15, 0.2) is 70.1 Å². The molecule has 1 N–H and O–H groups in total. The summed E-state index contributed by atoms with van der Waals surface area (Å²) in [5, 5.41) is 6.28. The highest BCUT2D eigenvalue weighted by atomic mass is 32.2. The molecule has 0 fully saturated rings. The van der Waals surface area contributed by atoms with E-state index in [2.05, 4.69) is 10.5 Å². The van der Waals surface area contributed by atoms with E-state index in [1.807, 2.05) is 30.3 Å². The third-order valence-electron chi connectivity index (χ3n) is 3.94. The van der Waals surface area contributed by atoms with Gasteiger partial charge in [-0.15, -0.1) is 0 Å². The first-order valence-corrected chi connectivity index (χ1v) is 9.65. The van der Waals surface area contributed by atoms with Crippen LogP contribution in [-0.4, -0.2) is 30.8 Å². The third kappa shape index (κ3) is 4.42. The van der Waals surface area contributed by atoms with Crippen molar-refractivity contribution in [3.8, 4) is 0 Å². The van der Waals surface area contributed by atoms with Crippen LogP contribution in [0.2, 0.25) is 0 Å². The maximum Gasteiger partial charge on any atom is 0.256 e. The summed E-state index contributed by atoms with van der Waals surface area (Å²) in [6.45, 7) is 1.98. The van der Waals surface area contributed by atoms with Crippen molar-refractivity contribution >= 4 is 21.7 Å². The third-order valence-corrected chi connectivity index (χ3v) is 5.76. The number of carbonyl (C=O) groups is 1. The summed E-state index contributed by atoms with van der Waals surface area (Å²) in [5.74, 6) is 0.481. The molecular formula is C19H19N3O4S. The van der Waals surface area contributed by atoms with E-state index in [-0.39, 0.29) is 11.4 Å². The molecule has 140 valence electrons. The molecule has 0 saturated heterocycles. The average molecular weight is 385 g/mol. The summed E-state index contributed by atoms with van der Waals surface area (Å²) >= 11 is 0. The van der Waals surface area contributed by atoms with Crippen molar-refractivity contribution in [1.29, 1.82) is 0 Å². The Hall–Kier alpha value is -2.97. The second-order valence-electron chi connectivity index (χ2n) is 6.05. The SMILES string of the molecule is Cc1cc(NC(=O)c2ccc(S(=O)(=O)N(C)Cc3ccccc3)cc2)no1. The smallest absolute Gasteiger partial charge is 0.256 e. The van der Waals surface area contributed by atoms with Crippen molar-refractivity contribution < 1.29 is 17.7 Å². The summed E-state index contributed by atoms with van der Waals surface area (Å²) < 4.78 is 31.6. The van der Waals surface area contributed by atoms with Crippen LogP contribution in [0.3, 0.4) is 0 Å². The lowest BCUT2D eigenvalue weighted by molar-refractivity contribution is 0.102. The predicted molar refractivity (Wildman–Crippen MR) is 101 cm³/mol.